The molecule has 0 bridgehead atoms. The zero-order chi connectivity index (χ0) is 13.9. The van der Waals surface area contributed by atoms with Crippen LogP contribution in [0.25, 0.3) is 0 Å². The van der Waals surface area contributed by atoms with Crippen LogP contribution in [0, 0.1) is 17.6 Å². The van der Waals surface area contributed by atoms with Crippen LogP contribution in [0.4, 0.5) is 20.2 Å². The number of anilines is 2. The lowest BCUT2D eigenvalue weighted by atomic mass is 10.0. The average molecular weight is 257 g/mol. The van der Waals surface area contributed by atoms with Crippen molar-refractivity contribution in [2.45, 2.75) is 19.9 Å². The molecule has 102 valence electrons. The van der Waals surface area contributed by atoms with E-state index in [1.54, 1.807) is 0 Å². The molecule has 0 radical (unpaired) electrons. The van der Waals surface area contributed by atoms with E-state index in [1.165, 1.54) is 6.07 Å². The lowest BCUT2D eigenvalue weighted by Crippen LogP contribution is -2.37. The molecule has 0 aliphatic rings. The number of nitrogens with one attached hydrogen (secondary N) is 1. The van der Waals surface area contributed by atoms with Gasteiger partial charge >= 0.3 is 0 Å². The number of benzene rings is 1. The third-order valence-electron chi connectivity index (χ3n) is 2.82. The Morgan fingerprint density at radius 2 is 1.89 bits per heavy atom. The molecule has 0 fully saturated rings. The first-order valence-corrected chi connectivity index (χ1v) is 5.97. The molecular formula is C13H21F2N3. The van der Waals surface area contributed by atoms with Crippen LogP contribution in [-0.4, -0.2) is 31.6 Å². The van der Waals surface area contributed by atoms with Crippen LogP contribution >= 0.6 is 0 Å². The van der Waals surface area contributed by atoms with Gasteiger partial charge in [0.05, 0.1) is 11.4 Å². The molecule has 1 aromatic carbocycles. The molecule has 3 N–H and O–H groups in total. The van der Waals surface area contributed by atoms with Crippen molar-refractivity contribution in [2.75, 3.05) is 31.7 Å². The van der Waals surface area contributed by atoms with Crippen LogP contribution in [0.3, 0.4) is 0 Å². The molecule has 1 rings (SSSR count). The van der Waals surface area contributed by atoms with Crippen molar-refractivity contribution in [3.8, 4) is 0 Å². The topological polar surface area (TPSA) is 41.3 Å². The lowest BCUT2D eigenvalue weighted by molar-refractivity contribution is 0.343. The molecule has 5 heteroatoms. The van der Waals surface area contributed by atoms with E-state index in [2.05, 4.69) is 5.32 Å². The second-order valence-corrected chi connectivity index (χ2v) is 5.08. The molecule has 0 heterocycles. The first kappa shape index (κ1) is 14.7. The average Bonchev–Trinajstić information content (AvgIpc) is 2.27. The standard InChI is InChI=1S/C13H21F2N3/c1-8(2)11(7-18(3)4)17-13-10(16)6-5-9(14)12(13)15/h5-6,8,11,17H,7,16H2,1-4H3. The number of hydrogen-bond donors (Lipinski definition) is 2. The van der Waals surface area contributed by atoms with Crippen molar-refractivity contribution in [3.63, 3.8) is 0 Å². The molecule has 1 atom stereocenters. The first-order valence-electron chi connectivity index (χ1n) is 5.97. The first-order chi connectivity index (χ1) is 8.32. The maximum Gasteiger partial charge on any atom is 0.183 e. The van der Waals surface area contributed by atoms with Crippen LogP contribution in [0.5, 0.6) is 0 Å². The summed E-state index contributed by atoms with van der Waals surface area (Å²) in [6, 6.07) is 2.40. The third kappa shape index (κ3) is 3.57. The molecule has 18 heavy (non-hydrogen) atoms. The summed E-state index contributed by atoms with van der Waals surface area (Å²) in [4.78, 5) is 1.99. The van der Waals surface area contributed by atoms with Crippen LogP contribution in [0.1, 0.15) is 13.8 Å². The number of nitrogens with two attached hydrogens (primary N) is 1. The largest absolute Gasteiger partial charge is 0.397 e. The van der Waals surface area contributed by atoms with E-state index < -0.39 is 11.6 Å². The summed E-state index contributed by atoms with van der Waals surface area (Å²) in [6.45, 7) is 4.76. The molecule has 1 unspecified atom stereocenters. The molecule has 0 aliphatic carbocycles. The smallest absolute Gasteiger partial charge is 0.183 e. The summed E-state index contributed by atoms with van der Waals surface area (Å²) >= 11 is 0. The Morgan fingerprint density at radius 3 is 2.39 bits per heavy atom. The Bertz CT molecular complexity index is 405. The van der Waals surface area contributed by atoms with E-state index in [-0.39, 0.29) is 23.3 Å². The minimum atomic E-state index is -0.917. The fourth-order valence-corrected chi connectivity index (χ4v) is 1.71. The van der Waals surface area contributed by atoms with Gasteiger partial charge in [0.2, 0.25) is 0 Å². The van der Waals surface area contributed by atoms with Gasteiger partial charge < -0.3 is 16.0 Å². The van der Waals surface area contributed by atoms with Crippen molar-refractivity contribution < 1.29 is 8.78 Å². The van der Waals surface area contributed by atoms with E-state index in [1.807, 2.05) is 32.8 Å². The number of halogens is 2. The highest BCUT2D eigenvalue weighted by molar-refractivity contribution is 5.67. The van der Waals surface area contributed by atoms with Crippen molar-refractivity contribution in [1.29, 1.82) is 0 Å². The van der Waals surface area contributed by atoms with Gasteiger partial charge in [-0.15, -0.1) is 0 Å². The van der Waals surface area contributed by atoms with Gasteiger partial charge in [-0.3, -0.25) is 0 Å². The summed E-state index contributed by atoms with van der Waals surface area (Å²) in [5, 5.41) is 3.01. The molecule has 3 nitrogen and oxygen atoms in total. The molecule has 1 aromatic rings. The lowest BCUT2D eigenvalue weighted by Gasteiger charge is -2.27. The van der Waals surface area contributed by atoms with Crippen LogP contribution in [-0.2, 0) is 0 Å². The molecule has 0 spiro atoms. The SMILES string of the molecule is CC(C)C(CN(C)C)Nc1c(N)ccc(F)c1F. The highest BCUT2D eigenvalue weighted by Gasteiger charge is 2.19. The van der Waals surface area contributed by atoms with E-state index in [0.717, 1.165) is 6.07 Å². The van der Waals surface area contributed by atoms with Gasteiger partial charge in [0.25, 0.3) is 0 Å². The van der Waals surface area contributed by atoms with Crippen LogP contribution in [0.15, 0.2) is 12.1 Å². The maximum atomic E-state index is 13.7. The van der Waals surface area contributed by atoms with E-state index in [9.17, 15) is 8.78 Å². The summed E-state index contributed by atoms with van der Waals surface area (Å²) in [6.07, 6.45) is 0. The van der Waals surface area contributed by atoms with E-state index >= 15 is 0 Å². The second kappa shape index (κ2) is 6.00. The highest BCUT2D eigenvalue weighted by atomic mass is 19.2. The van der Waals surface area contributed by atoms with Gasteiger partial charge in [-0.2, -0.15) is 0 Å². The number of nitrogen functional groups attached to an aromatic ring is 1. The fourth-order valence-electron chi connectivity index (χ4n) is 1.71. The zero-order valence-electron chi connectivity index (χ0n) is 11.3. The van der Waals surface area contributed by atoms with E-state index in [4.69, 9.17) is 5.73 Å². The van der Waals surface area contributed by atoms with Crippen molar-refractivity contribution in [2.24, 2.45) is 5.92 Å². The fraction of sp³-hybridized carbons (Fsp3) is 0.538. The Labute approximate surface area is 107 Å². The minimum Gasteiger partial charge on any atom is -0.397 e. The molecule has 0 amide bonds. The predicted molar refractivity (Wildman–Crippen MR) is 71.6 cm³/mol. The summed E-state index contributed by atoms with van der Waals surface area (Å²) in [7, 11) is 3.87. The predicted octanol–water partition coefficient (Wildman–Crippen LogP) is 2.55. The Kier molecular flexibility index (Phi) is 4.90. The van der Waals surface area contributed by atoms with Gasteiger partial charge in [-0.05, 0) is 32.1 Å². The summed E-state index contributed by atoms with van der Waals surface area (Å²) in [5.41, 5.74) is 5.96. The van der Waals surface area contributed by atoms with Gasteiger partial charge in [-0.25, -0.2) is 8.78 Å². The van der Waals surface area contributed by atoms with Crippen molar-refractivity contribution in [3.05, 3.63) is 23.8 Å². The second-order valence-electron chi connectivity index (χ2n) is 5.08. The molecule has 0 aliphatic heterocycles. The van der Waals surface area contributed by atoms with Gasteiger partial charge in [0.1, 0.15) is 0 Å². The van der Waals surface area contributed by atoms with Gasteiger partial charge in [-0.1, -0.05) is 13.8 Å². The zero-order valence-corrected chi connectivity index (χ0v) is 11.3. The van der Waals surface area contributed by atoms with Crippen LogP contribution < -0.4 is 11.1 Å². The normalized spacial score (nSPS) is 13.1. The summed E-state index contributed by atoms with van der Waals surface area (Å²) < 4.78 is 26.9. The third-order valence-corrected chi connectivity index (χ3v) is 2.82. The maximum absolute atomic E-state index is 13.7. The number of nitrogens with zero attached hydrogens (tertiary/aromatic N) is 1. The van der Waals surface area contributed by atoms with Crippen molar-refractivity contribution >= 4 is 11.4 Å². The monoisotopic (exact) mass is 257 g/mol. The van der Waals surface area contributed by atoms with Gasteiger partial charge in [0, 0.05) is 12.6 Å². The Hall–Kier alpha value is -1.36. The molecule has 0 saturated carbocycles. The molecular weight excluding hydrogens is 236 g/mol. The molecule has 0 saturated heterocycles. The summed E-state index contributed by atoms with van der Waals surface area (Å²) in [5.74, 6) is -1.53. The van der Waals surface area contributed by atoms with Crippen LogP contribution in [0.2, 0.25) is 0 Å². The molecule has 0 aromatic heterocycles. The van der Waals surface area contributed by atoms with Gasteiger partial charge in [0.15, 0.2) is 11.6 Å². The van der Waals surface area contributed by atoms with Crippen molar-refractivity contribution in [1.82, 2.24) is 4.90 Å². The number of hydrogen-bond acceptors (Lipinski definition) is 3. The Morgan fingerprint density at radius 1 is 1.28 bits per heavy atom. The highest BCUT2D eigenvalue weighted by Crippen LogP contribution is 2.26. The Balaban J connectivity index is 2.97. The minimum absolute atomic E-state index is 0.00130. The van der Waals surface area contributed by atoms with E-state index in [0.29, 0.717) is 6.54 Å². The number of likely N-dealkylation sites (N-methyl/N-ethyl adjacent to an activating group) is 1. The quantitative estimate of drug-likeness (QED) is 0.796. The number of rotatable bonds is 5.